The first-order chi connectivity index (χ1) is 15.6. The quantitative estimate of drug-likeness (QED) is 0.429. The lowest BCUT2D eigenvalue weighted by atomic mass is 9.51. The van der Waals surface area contributed by atoms with Gasteiger partial charge in [0.25, 0.3) is 5.91 Å². The normalized spacial score (nSPS) is 32.4. The fraction of sp³-hybridized carbons (Fsp3) is 0.667. The molecule has 5 unspecified atom stereocenters. The van der Waals surface area contributed by atoms with Crippen LogP contribution in [0.5, 0.6) is 0 Å². The average molecular weight is 510 g/mol. The third-order valence-electron chi connectivity index (χ3n) is 6.51. The van der Waals surface area contributed by atoms with E-state index in [0.29, 0.717) is 0 Å². The van der Waals surface area contributed by atoms with Gasteiger partial charge in [0.1, 0.15) is 18.8 Å². The Morgan fingerprint density at radius 1 is 1.12 bits per heavy atom. The molecule has 0 aromatic heterocycles. The number of hydrogen-bond acceptors (Lipinski definition) is 7. The van der Waals surface area contributed by atoms with Crippen LogP contribution >= 0.6 is 0 Å². The molecule has 2 N–H and O–H groups in total. The highest BCUT2D eigenvalue weighted by Crippen LogP contribution is 2.60. The SMILES string of the molecule is C[SiH](C)OC1(C(C)(C)C)C(=O)N(OCc2ccccc2)C12C(O[Si](C)(C)C)CC(=O)C(O)C2O. The van der Waals surface area contributed by atoms with Crippen LogP contribution in [0.4, 0.5) is 0 Å². The molecule has 10 heteroatoms. The average Bonchev–Trinajstić information content (AvgIpc) is 2.71. The van der Waals surface area contributed by atoms with Crippen molar-refractivity contribution in [1.29, 1.82) is 0 Å². The molecule has 1 aromatic carbocycles. The Hall–Kier alpha value is -1.41. The minimum Gasteiger partial charge on any atom is -0.412 e. The number of carbonyl (C=O) groups excluding carboxylic acids is 2. The number of Topliss-reactive ketones (excluding diaryl/α,β-unsaturated/α-hetero) is 1. The summed E-state index contributed by atoms with van der Waals surface area (Å²) in [6.07, 6.45) is -4.38. The van der Waals surface area contributed by atoms with Crippen molar-refractivity contribution in [1.82, 2.24) is 5.06 Å². The van der Waals surface area contributed by atoms with Crippen LogP contribution in [0.2, 0.25) is 32.7 Å². The van der Waals surface area contributed by atoms with Gasteiger partial charge in [-0.2, -0.15) is 0 Å². The summed E-state index contributed by atoms with van der Waals surface area (Å²) in [5.41, 5.74) is -3.09. The molecule has 2 fully saturated rings. The molecule has 1 saturated heterocycles. The number of aliphatic hydroxyl groups is 2. The molecule has 1 aliphatic heterocycles. The van der Waals surface area contributed by atoms with Crippen molar-refractivity contribution in [2.45, 2.75) is 96.0 Å². The highest BCUT2D eigenvalue weighted by molar-refractivity contribution is 6.69. The fourth-order valence-corrected chi connectivity index (χ4v) is 7.83. The van der Waals surface area contributed by atoms with Crippen molar-refractivity contribution in [2.24, 2.45) is 5.41 Å². The van der Waals surface area contributed by atoms with E-state index in [2.05, 4.69) is 0 Å². The second-order valence-electron chi connectivity index (χ2n) is 11.6. The summed E-state index contributed by atoms with van der Waals surface area (Å²) >= 11 is 0. The molecule has 2 aliphatic rings. The molecule has 8 nitrogen and oxygen atoms in total. The van der Waals surface area contributed by atoms with Gasteiger partial charge < -0.3 is 19.1 Å². The standard InChI is InChI=1S/C24H39NO7Si2/c1-22(2,3)24(32-33(4)5)21(29)25(30-15-16-12-10-9-11-13-16)23(24)18(31-34(6,7)8)14-17(26)19(27)20(23)28/h9-13,18-20,27-28,33H,14-15H2,1-8H3. The van der Waals surface area contributed by atoms with E-state index in [4.69, 9.17) is 13.7 Å². The minimum atomic E-state index is -2.28. The van der Waals surface area contributed by atoms with Gasteiger partial charge in [0.15, 0.2) is 34.3 Å². The maximum atomic E-state index is 14.0. The molecule has 1 heterocycles. The topological polar surface area (TPSA) is 106 Å². The van der Waals surface area contributed by atoms with Crippen LogP contribution in [0.3, 0.4) is 0 Å². The van der Waals surface area contributed by atoms with E-state index in [-0.39, 0.29) is 13.0 Å². The molecule has 34 heavy (non-hydrogen) atoms. The van der Waals surface area contributed by atoms with Crippen LogP contribution in [0.25, 0.3) is 0 Å². The van der Waals surface area contributed by atoms with Gasteiger partial charge in [0.05, 0.1) is 6.10 Å². The number of nitrogens with zero attached hydrogens (tertiary/aromatic N) is 1. The largest absolute Gasteiger partial charge is 0.412 e. The number of β-lactam (4-membered cyclic amide) rings is 1. The maximum Gasteiger partial charge on any atom is 0.281 e. The smallest absolute Gasteiger partial charge is 0.281 e. The first-order valence-electron chi connectivity index (χ1n) is 11.9. The second kappa shape index (κ2) is 9.23. The molecule has 3 rings (SSSR count). The van der Waals surface area contributed by atoms with Crippen molar-refractivity contribution in [3.05, 3.63) is 35.9 Å². The third kappa shape index (κ3) is 4.23. The molecule has 1 aromatic rings. The van der Waals surface area contributed by atoms with Gasteiger partial charge in [-0.3, -0.25) is 14.4 Å². The van der Waals surface area contributed by atoms with Crippen LogP contribution in [-0.2, 0) is 29.9 Å². The van der Waals surface area contributed by atoms with Gasteiger partial charge >= 0.3 is 0 Å². The second-order valence-corrected chi connectivity index (χ2v) is 18.4. The van der Waals surface area contributed by atoms with Crippen molar-refractivity contribution >= 4 is 29.0 Å². The number of hydrogen-bond donors (Lipinski definition) is 2. The summed E-state index contributed by atoms with van der Waals surface area (Å²) in [7, 11) is -4.15. The number of rotatable bonds is 7. The molecule has 0 radical (unpaired) electrons. The third-order valence-corrected chi connectivity index (χ3v) is 8.33. The van der Waals surface area contributed by atoms with Gasteiger partial charge in [-0.15, -0.1) is 0 Å². The van der Waals surface area contributed by atoms with Gasteiger partial charge in [-0.25, -0.2) is 5.06 Å². The van der Waals surface area contributed by atoms with E-state index in [1.54, 1.807) is 0 Å². The summed E-state index contributed by atoms with van der Waals surface area (Å²) in [4.78, 5) is 32.8. The lowest BCUT2D eigenvalue weighted by molar-refractivity contribution is -0.377. The molecule has 0 bridgehead atoms. The zero-order valence-electron chi connectivity index (χ0n) is 21.5. The lowest BCUT2D eigenvalue weighted by Crippen LogP contribution is -2.96. The molecule has 5 atom stereocenters. The Balaban J connectivity index is 2.21. The van der Waals surface area contributed by atoms with E-state index in [1.807, 2.05) is 83.8 Å². The number of ketones is 1. The summed E-state index contributed by atoms with van der Waals surface area (Å²) in [5, 5.41) is 23.6. The van der Waals surface area contributed by atoms with Crippen molar-refractivity contribution in [3.63, 3.8) is 0 Å². The van der Waals surface area contributed by atoms with Crippen LogP contribution in [0, 0.1) is 5.41 Å². The molecule has 1 aliphatic carbocycles. The molecule has 1 spiro atoms. The Kier molecular flexibility index (Phi) is 7.38. The fourth-order valence-electron chi connectivity index (χ4n) is 5.36. The van der Waals surface area contributed by atoms with E-state index in [0.717, 1.165) is 10.6 Å². The van der Waals surface area contributed by atoms with Crippen LogP contribution in [0.1, 0.15) is 32.8 Å². The number of benzene rings is 1. The first kappa shape index (κ1) is 27.2. The summed E-state index contributed by atoms with van der Waals surface area (Å²) in [6, 6.07) is 9.37. The lowest BCUT2D eigenvalue weighted by Gasteiger charge is -2.72. The highest BCUT2D eigenvalue weighted by atomic mass is 28.4. The van der Waals surface area contributed by atoms with E-state index in [1.165, 1.54) is 0 Å². The van der Waals surface area contributed by atoms with Crippen LogP contribution < -0.4 is 0 Å². The highest BCUT2D eigenvalue weighted by Gasteiger charge is 2.85. The van der Waals surface area contributed by atoms with E-state index < -0.39 is 63.9 Å². The predicted molar refractivity (Wildman–Crippen MR) is 133 cm³/mol. The summed E-state index contributed by atoms with van der Waals surface area (Å²) in [6.45, 7) is 15.5. The zero-order chi connectivity index (χ0) is 25.7. The van der Waals surface area contributed by atoms with Crippen molar-refractivity contribution < 1.29 is 33.5 Å². The van der Waals surface area contributed by atoms with Gasteiger partial charge in [-0.1, -0.05) is 51.1 Å². The van der Waals surface area contributed by atoms with Crippen LogP contribution in [-0.4, -0.2) is 73.8 Å². The molecule has 190 valence electrons. The van der Waals surface area contributed by atoms with Gasteiger partial charge in [-0.05, 0) is 38.3 Å². The molecular formula is C24H39NO7Si2. The number of hydroxylamine groups is 2. The molecule has 1 amide bonds. The van der Waals surface area contributed by atoms with Gasteiger partial charge in [0.2, 0.25) is 0 Å². The number of amides is 1. The Bertz CT molecular complexity index is 914. The number of carbonyl (C=O) groups is 2. The molecular weight excluding hydrogens is 470 g/mol. The number of aliphatic hydroxyl groups excluding tert-OH is 2. The summed E-state index contributed by atoms with van der Waals surface area (Å²) < 4.78 is 13.0. The van der Waals surface area contributed by atoms with Crippen LogP contribution in [0.15, 0.2) is 30.3 Å². The Morgan fingerprint density at radius 2 is 1.71 bits per heavy atom. The predicted octanol–water partition coefficient (Wildman–Crippen LogP) is 2.40. The molecule has 1 saturated carbocycles. The van der Waals surface area contributed by atoms with Crippen molar-refractivity contribution in [3.8, 4) is 0 Å². The maximum absolute atomic E-state index is 14.0. The van der Waals surface area contributed by atoms with Crippen molar-refractivity contribution in [2.75, 3.05) is 0 Å². The zero-order valence-corrected chi connectivity index (χ0v) is 23.6. The Morgan fingerprint density at radius 3 is 2.21 bits per heavy atom. The van der Waals surface area contributed by atoms with Gasteiger partial charge in [0, 0.05) is 11.8 Å². The minimum absolute atomic E-state index is 0.0735. The van der Waals surface area contributed by atoms with E-state index in [9.17, 15) is 19.8 Å². The first-order valence-corrected chi connectivity index (χ1v) is 18.0. The monoisotopic (exact) mass is 509 g/mol. The summed E-state index contributed by atoms with van der Waals surface area (Å²) in [5.74, 6) is -0.949. The Labute approximate surface area is 205 Å². The van der Waals surface area contributed by atoms with E-state index >= 15 is 0 Å².